The Kier molecular flexibility index (Phi) is 4.99. The van der Waals surface area contributed by atoms with Crippen LogP contribution in [0.1, 0.15) is 42.4 Å². The predicted molar refractivity (Wildman–Crippen MR) is 80.3 cm³/mol. The van der Waals surface area contributed by atoms with E-state index in [2.05, 4.69) is 36.6 Å². The molecule has 0 aromatic carbocycles. The molecule has 0 aliphatic carbocycles. The van der Waals surface area contributed by atoms with Crippen LogP contribution in [0.5, 0.6) is 0 Å². The van der Waals surface area contributed by atoms with Gasteiger partial charge >= 0.3 is 0 Å². The first kappa shape index (κ1) is 14.5. The summed E-state index contributed by atoms with van der Waals surface area (Å²) in [7, 11) is 0. The fourth-order valence-electron chi connectivity index (χ4n) is 2.90. The number of hydrogen-bond donors (Lipinski definition) is 2. The van der Waals surface area contributed by atoms with Gasteiger partial charge in [-0.05, 0) is 44.9 Å². The van der Waals surface area contributed by atoms with Gasteiger partial charge in [-0.1, -0.05) is 13.3 Å². The van der Waals surface area contributed by atoms with E-state index in [1.54, 1.807) is 11.3 Å². The molecule has 19 heavy (non-hydrogen) atoms. The van der Waals surface area contributed by atoms with Crippen LogP contribution in [0.3, 0.4) is 0 Å². The zero-order valence-electron chi connectivity index (χ0n) is 11.9. The number of piperidine rings is 1. The number of rotatable bonds is 5. The maximum atomic E-state index is 12.5. The molecule has 3 nitrogen and oxygen atoms in total. The van der Waals surface area contributed by atoms with Crippen molar-refractivity contribution in [2.75, 3.05) is 13.1 Å². The van der Waals surface area contributed by atoms with Gasteiger partial charge in [0, 0.05) is 16.3 Å². The van der Waals surface area contributed by atoms with Gasteiger partial charge in [-0.2, -0.15) is 0 Å². The van der Waals surface area contributed by atoms with Crippen molar-refractivity contribution in [3.05, 3.63) is 21.9 Å². The van der Waals surface area contributed by atoms with Crippen LogP contribution < -0.4 is 10.6 Å². The molecule has 1 atom stereocenters. The summed E-state index contributed by atoms with van der Waals surface area (Å²) in [5.74, 6) is 0.229. The monoisotopic (exact) mass is 280 g/mol. The normalized spacial score (nSPS) is 23.3. The summed E-state index contributed by atoms with van der Waals surface area (Å²) in [5.41, 5.74) is -0.181. The van der Waals surface area contributed by atoms with Crippen molar-refractivity contribution in [2.45, 2.75) is 46.1 Å². The lowest BCUT2D eigenvalue weighted by molar-refractivity contribution is -0.132. The van der Waals surface area contributed by atoms with Gasteiger partial charge in [0.15, 0.2) is 0 Å². The standard InChI is InChI=1S/C15H24N2OS/c1-3-7-15(8-4-9-16-11-15)14(18)17-10-13-6-5-12(2)19-13/h5-6,16H,3-4,7-11H2,1-2H3,(H,17,18). The third kappa shape index (κ3) is 3.57. The first-order valence-electron chi connectivity index (χ1n) is 7.21. The van der Waals surface area contributed by atoms with Crippen LogP contribution in [-0.2, 0) is 11.3 Å². The van der Waals surface area contributed by atoms with Crippen LogP contribution >= 0.6 is 11.3 Å². The second-order valence-electron chi connectivity index (χ2n) is 5.51. The summed E-state index contributed by atoms with van der Waals surface area (Å²) in [5, 5.41) is 6.52. The van der Waals surface area contributed by atoms with E-state index in [1.807, 2.05) is 0 Å². The maximum Gasteiger partial charge on any atom is 0.227 e. The summed E-state index contributed by atoms with van der Waals surface area (Å²) in [6.45, 7) is 6.80. The highest BCUT2D eigenvalue weighted by molar-refractivity contribution is 7.11. The summed E-state index contributed by atoms with van der Waals surface area (Å²) in [6, 6.07) is 4.21. The Morgan fingerprint density at radius 1 is 1.53 bits per heavy atom. The average Bonchev–Trinajstić information content (AvgIpc) is 2.83. The maximum absolute atomic E-state index is 12.5. The molecule has 2 N–H and O–H groups in total. The molecule has 1 aliphatic rings. The number of amides is 1. The lowest BCUT2D eigenvalue weighted by atomic mass is 9.76. The summed E-state index contributed by atoms with van der Waals surface area (Å²) in [6.07, 6.45) is 4.16. The van der Waals surface area contributed by atoms with Crippen molar-refractivity contribution in [3.8, 4) is 0 Å². The molecular weight excluding hydrogens is 256 g/mol. The number of carbonyl (C=O) groups is 1. The number of carbonyl (C=O) groups excluding carboxylic acids is 1. The summed E-state index contributed by atoms with van der Waals surface area (Å²) in [4.78, 5) is 15.1. The third-order valence-corrected chi connectivity index (χ3v) is 4.90. The number of nitrogens with one attached hydrogen (secondary N) is 2. The highest BCUT2D eigenvalue weighted by Crippen LogP contribution is 2.32. The van der Waals surface area contributed by atoms with E-state index in [-0.39, 0.29) is 11.3 Å². The summed E-state index contributed by atoms with van der Waals surface area (Å²) >= 11 is 1.76. The Hall–Kier alpha value is -0.870. The van der Waals surface area contributed by atoms with E-state index >= 15 is 0 Å². The molecule has 2 rings (SSSR count). The van der Waals surface area contributed by atoms with Crippen LogP contribution in [0.25, 0.3) is 0 Å². The van der Waals surface area contributed by atoms with Crippen molar-refractivity contribution in [1.82, 2.24) is 10.6 Å². The molecule has 0 spiro atoms. The second-order valence-corrected chi connectivity index (χ2v) is 6.88. The molecule has 1 aromatic rings. The number of hydrogen-bond acceptors (Lipinski definition) is 3. The number of aryl methyl sites for hydroxylation is 1. The third-order valence-electron chi connectivity index (χ3n) is 3.90. The smallest absolute Gasteiger partial charge is 0.227 e. The van der Waals surface area contributed by atoms with Crippen molar-refractivity contribution in [3.63, 3.8) is 0 Å². The Morgan fingerprint density at radius 2 is 2.37 bits per heavy atom. The van der Waals surface area contributed by atoms with Crippen LogP contribution in [0.4, 0.5) is 0 Å². The van der Waals surface area contributed by atoms with Gasteiger partial charge < -0.3 is 10.6 Å². The van der Waals surface area contributed by atoms with E-state index < -0.39 is 0 Å². The molecule has 1 saturated heterocycles. The van der Waals surface area contributed by atoms with E-state index in [1.165, 1.54) is 9.75 Å². The quantitative estimate of drug-likeness (QED) is 0.871. The molecular formula is C15H24N2OS. The molecule has 106 valence electrons. The molecule has 0 bridgehead atoms. The van der Waals surface area contributed by atoms with Crippen LogP contribution in [-0.4, -0.2) is 19.0 Å². The summed E-state index contributed by atoms with van der Waals surface area (Å²) < 4.78 is 0. The van der Waals surface area contributed by atoms with Crippen molar-refractivity contribution < 1.29 is 4.79 Å². The molecule has 4 heteroatoms. The molecule has 1 fully saturated rings. The van der Waals surface area contributed by atoms with Crippen LogP contribution in [0.15, 0.2) is 12.1 Å². The van der Waals surface area contributed by atoms with E-state index in [9.17, 15) is 4.79 Å². The molecule has 1 aliphatic heterocycles. The fourth-order valence-corrected chi connectivity index (χ4v) is 3.73. The predicted octanol–water partition coefficient (Wildman–Crippen LogP) is 2.84. The minimum atomic E-state index is -0.181. The largest absolute Gasteiger partial charge is 0.351 e. The van der Waals surface area contributed by atoms with Crippen LogP contribution in [0, 0.1) is 12.3 Å². The topological polar surface area (TPSA) is 41.1 Å². The van der Waals surface area contributed by atoms with Gasteiger partial charge in [0.2, 0.25) is 5.91 Å². The first-order chi connectivity index (χ1) is 9.16. The zero-order valence-corrected chi connectivity index (χ0v) is 12.7. The average molecular weight is 280 g/mol. The van der Waals surface area contributed by atoms with Gasteiger partial charge in [0.05, 0.1) is 12.0 Å². The van der Waals surface area contributed by atoms with Gasteiger partial charge in [-0.25, -0.2) is 0 Å². The molecule has 0 radical (unpaired) electrons. The van der Waals surface area contributed by atoms with Gasteiger partial charge in [0.1, 0.15) is 0 Å². The van der Waals surface area contributed by atoms with Gasteiger partial charge in [-0.3, -0.25) is 4.79 Å². The van der Waals surface area contributed by atoms with Gasteiger partial charge in [-0.15, -0.1) is 11.3 Å². The van der Waals surface area contributed by atoms with Crippen molar-refractivity contribution in [2.24, 2.45) is 5.41 Å². The van der Waals surface area contributed by atoms with Gasteiger partial charge in [0.25, 0.3) is 0 Å². The Morgan fingerprint density at radius 3 is 2.95 bits per heavy atom. The second kappa shape index (κ2) is 6.53. The molecule has 1 amide bonds. The fraction of sp³-hybridized carbons (Fsp3) is 0.667. The van der Waals surface area contributed by atoms with Crippen molar-refractivity contribution in [1.29, 1.82) is 0 Å². The van der Waals surface area contributed by atoms with E-state index in [4.69, 9.17) is 0 Å². The Bertz CT molecular complexity index is 416. The number of thiophene rings is 1. The first-order valence-corrected chi connectivity index (χ1v) is 8.02. The zero-order chi connectivity index (χ0) is 13.7. The Labute approximate surface area is 119 Å². The van der Waals surface area contributed by atoms with Crippen LogP contribution in [0.2, 0.25) is 0 Å². The molecule has 0 saturated carbocycles. The molecule has 1 aromatic heterocycles. The lowest BCUT2D eigenvalue weighted by Gasteiger charge is -2.36. The van der Waals surface area contributed by atoms with E-state index in [0.717, 1.165) is 38.8 Å². The lowest BCUT2D eigenvalue weighted by Crippen LogP contribution is -2.50. The van der Waals surface area contributed by atoms with Crippen molar-refractivity contribution >= 4 is 17.2 Å². The molecule has 2 heterocycles. The highest BCUT2D eigenvalue weighted by atomic mass is 32.1. The SMILES string of the molecule is CCCC1(C(=O)NCc2ccc(C)s2)CCCNC1. The van der Waals surface area contributed by atoms with E-state index in [0.29, 0.717) is 6.54 Å². The molecule has 1 unspecified atom stereocenters. The minimum Gasteiger partial charge on any atom is -0.351 e. The highest BCUT2D eigenvalue weighted by Gasteiger charge is 2.38. The Balaban J connectivity index is 1.95. The minimum absolute atomic E-state index is 0.181.